The lowest BCUT2D eigenvalue weighted by atomic mass is 10.1. The third-order valence-electron chi connectivity index (χ3n) is 3.82. The highest BCUT2D eigenvalue weighted by Crippen LogP contribution is 2.24. The van der Waals surface area contributed by atoms with E-state index in [4.69, 9.17) is 10.5 Å². The van der Waals surface area contributed by atoms with Crippen molar-refractivity contribution in [3.63, 3.8) is 0 Å². The number of nitrogens with zero attached hydrogens (tertiary/aromatic N) is 5. The number of aromatic nitrogens is 4. The van der Waals surface area contributed by atoms with Gasteiger partial charge in [-0.2, -0.15) is 5.10 Å². The topological polar surface area (TPSA) is 99.2 Å². The maximum atomic E-state index is 12.4. The first kappa shape index (κ1) is 15.4. The van der Waals surface area contributed by atoms with Crippen LogP contribution in [0.15, 0.2) is 30.9 Å². The van der Waals surface area contributed by atoms with E-state index >= 15 is 0 Å². The SMILES string of the molecule is Nc1nccnc1[C@@H]1CN(C(=O)CCCn2cccn2)CCO1. The Bertz CT molecular complexity index is 645. The molecule has 2 aromatic rings. The summed E-state index contributed by atoms with van der Waals surface area (Å²) in [6.07, 6.45) is 7.69. The van der Waals surface area contributed by atoms with Crippen LogP contribution in [0.4, 0.5) is 5.82 Å². The summed E-state index contributed by atoms with van der Waals surface area (Å²) in [6, 6.07) is 1.87. The van der Waals surface area contributed by atoms with Crippen molar-refractivity contribution in [2.24, 2.45) is 0 Å². The predicted octanol–water partition coefficient (Wildman–Crippen LogP) is 0.636. The molecule has 3 heterocycles. The minimum atomic E-state index is -0.312. The number of rotatable bonds is 5. The molecule has 2 aromatic heterocycles. The molecule has 0 unspecified atom stereocenters. The van der Waals surface area contributed by atoms with Gasteiger partial charge in [0, 0.05) is 44.3 Å². The number of amides is 1. The van der Waals surface area contributed by atoms with Gasteiger partial charge in [-0.05, 0) is 12.5 Å². The van der Waals surface area contributed by atoms with Gasteiger partial charge in [0.1, 0.15) is 17.6 Å². The number of ether oxygens (including phenoxy) is 1. The minimum absolute atomic E-state index is 0.118. The van der Waals surface area contributed by atoms with Crippen molar-refractivity contribution in [2.75, 3.05) is 25.4 Å². The lowest BCUT2D eigenvalue weighted by Crippen LogP contribution is -2.42. The largest absolute Gasteiger partial charge is 0.382 e. The molecule has 0 aromatic carbocycles. The molecule has 0 spiro atoms. The average molecular weight is 316 g/mol. The van der Waals surface area contributed by atoms with Crippen molar-refractivity contribution >= 4 is 11.7 Å². The van der Waals surface area contributed by atoms with Gasteiger partial charge in [0.05, 0.1) is 13.2 Å². The first-order valence-electron chi connectivity index (χ1n) is 7.67. The number of carbonyl (C=O) groups is 1. The van der Waals surface area contributed by atoms with Crippen LogP contribution in [0.5, 0.6) is 0 Å². The molecule has 1 saturated heterocycles. The Kier molecular flexibility index (Phi) is 4.82. The fourth-order valence-electron chi connectivity index (χ4n) is 2.63. The molecule has 0 saturated carbocycles. The molecule has 1 fully saturated rings. The fourth-order valence-corrected chi connectivity index (χ4v) is 2.63. The molecule has 23 heavy (non-hydrogen) atoms. The van der Waals surface area contributed by atoms with Gasteiger partial charge in [-0.3, -0.25) is 14.5 Å². The molecule has 3 rings (SSSR count). The molecular formula is C15H20N6O2. The number of carbonyl (C=O) groups excluding carboxylic acids is 1. The Morgan fingerprint density at radius 2 is 2.22 bits per heavy atom. The second-order valence-electron chi connectivity index (χ2n) is 5.40. The zero-order valence-corrected chi connectivity index (χ0v) is 12.8. The van der Waals surface area contributed by atoms with Crippen LogP contribution in [0.2, 0.25) is 0 Å². The summed E-state index contributed by atoms with van der Waals surface area (Å²) in [7, 11) is 0. The number of hydrogen-bond acceptors (Lipinski definition) is 6. The molecular weight excluding hydrogens is 296 g/mol. The Morgan fingerprint density at radius 1 is 1.35 bits per heavy atom. The molecule has 0 aliphatic carbocycles. The predicted molar refractivity (Wildman–Crippen MR) is 83.2 cm³/mol. The third kappa shape index (κ3) is 3.84. The van der Waals surface area contributed by atoms with E-state index in [1.54, 1.807) is 18.6 Å². The molecule has 8 nitrogen and oxygen atoms in total. The van der Waals surface area contributed by atoms with Gasteiger partial charge >= 0.3 is 0 Å². The molecule has 0 bridgehead atoms. The molecule has 8 heteroatoms. The van der Waals surface area contributed by atoms with Crippen molar-refractivity contribution in [2.45, 2.75) is 25.5 Å². The highest BCUT2D eigenvalue weighted by molar-refractivity contribution is 5.76. The van der Waals surface area contributed by atoms with Gasteiger partial charge in [-0.25, -0.2) is 4.98 Å². The van der Waals surface area contributed by atoms with E-state index in [1.165, 1.54) is 0 Å². The van der Waals surface area contributed by atoms with E-state index in [-0.39, 0.29) is 12.0 Å². The Labute approximate surface area is 134 Å². The summed E-state index contributed by atoms with van der Waals surface area (Å²) in [5, 5.41) is 4.13. The van der Waals surface area contributed by atoms with Gasteiger partial charge in [0.2, 0.25) is 5.91 Å². The number of aryl methyl sites for hydroxylation is 1. The van der Waals surface area contributed by atoms with Gasteiger partial charge in [-0.15, -0.1) is 0 Å². The van der Waals surface area contributed by atoms with Crippen LogP contribution in [0.1, 0.15) is 24.6 Å². The van der Waals surface area contributed by atoms with E-state index in [2.05, 4.69) is 15.1 Å². The first-order chi connectivity index (χ1) is 11.2. The lowest BCUT2D eigenvalue weighted by molar-refractivity contribution is -0.139. The summed E-state index contributed by atoms with van der Waals surface area (Å²) in [5.74, 6) is 0.471. The van der Waals surface area contributed by atoms with Crippen LogP contribution < -0.4 is 5.73 Å². The molecule has 0 radical (unpaired) electrons. The highest BCUT2D eigenvalue weighted by atomic mass is 16.5. The zero-order chi connectivity index (χ0) is 16.1. The molecule has 1 aliphatic rings. The maximum Gasteiger partial charge on any atom is 0.222 e. The van der Waals surface area contributed by atoms with Crippen molar-refractivity contribution in [3.8, 4) is 0 Å². The maximum absolute atomic E-state index is 12.4. The standard InChI is InChI=1S/C15H20N6O2/c16-15-14(17-5-6-18-15)12-11-20(9-10-23-12)13(22)3-1-7-21-8-2-4-19-21/h2,4-6,8,12H,1,3,7,9-11H2,(H2,16,18)/t12-/m0/s1. The summed E-state index contributed by atoms with van der Waals surface area (Å²) < 4.78 is 7.53. The molecule has 2 N–H and O–H groups in total. The van der Waals surface area contributed by atoms with Crippen LogP contribution in [0.25, 0.3) is 0 Å². The molecule has 1 atom stereocenters. The van der Waals surface area contributed by atoms with Crippen LogP contribution in [0.3, 0.4) is 0 Å². The minimum Gasteiger partial charge on any atom is -0.382 e. The summed E-state index contributed by atoms with van der Waals surface area (Å²) >= 11 is 0. The van der Waals surface area contributed by atoms with E-state index in [9.17, 15) is 4.79 Å². The number of nitrogen functional groups attached to an aromatic ring is 1. The quantitative estimate of drug-likeness (QED) is 0.869. The van der Waals surface area contributed by atoms with Crippen LogP contribution in [0, 0.1) is 0 Å². The van der Waals surface area contributed by atoms with Gasteiger partial charge in [0.25, 0.3) is 0 Å². The Hall–Kier alpha value is -2.48. The van der Waals surface area contributed by atoms with Gasteiger partial charge in [0.15, 0.2) is 0 Å². The Balaban J connectivity index is 1.53. The number of anilines is 1. The van der Waals surface area contributed by atoms with Gasteiger partial charge in [-0.1, -0.05) is 0 Å². The number of hydrogen-bond donors (Lipinski definition) is 1. The van der Waals surface area contributed by atoms with Crippen molar-refractivity contribution in [3.05, 3.63) is 36.5 Å². The third-order valence-corrected chi connectivity index (χ3v) is 3.82. The summed E-state index contributed by atoms with van der Waals surface area (Å²) in [6.45, 7) is 2.27. The lowest BCUT2D eigenvalue weighted by Gasteiger charge is -2.33. The second kappa shape index (κ2) is 7.19. The van der Waals surface area contributed by atoms with Crippen molar-refractivity contribution in [1.82, 2.24) is 24.6 Å². The molecule has 1 amide bonds. The smallest absolute Gasteiger partial charge is 0.222 e. The number of nitrogens with two attached hydrogens (primary N) is 1. The van der Waals surface area contributed by atoms with E-state index < -0.39 is 0 Å². The van der Waals surface area contributed by atoms with Crippen LogP contribution >= 0.6 is 0 Å². The fraction of sp³-hybridized carbons (Fsp3) is 0.467. The van der Waals surface area contributed by atoms with E-state index in [0.29, 0.717) is 37.6 Å². The van der Waals surface area contributed by atoms with E-state index in [1.807, 2.05) is 21.8 Å². The van der Waals surface area contributed by atoms with Crippen LogP contribution in [-0.2, 0) is 16.1 Å². The monoisotopic (exact) mass is 316 g/mol. The summed E-state index contributed by atoms with van der Waals surface area (Å²) in [4.78, 5) is 22.4. The van der Waals surface area contributed by atoms with Crippen LogP contribution in [-0.4, -0.2) is 50.3 Å². The van der Waals surface area contributed by atoms with E-state index in [0.717, 1.165) is 13.0 Å². The average Bonchev–Trinajstić information content (AvgIpc) is 3.09. The Morgan fingerprint density at radius 3 is 3.00 bits per heavy atom. The zero-order valence-electron chi connectivity index (χ0n) is 12.8. The first-order valence-corrected chi connectivity index (χ1v) is 7.67. The normalized spacial score (nSPS) is 18.1. The number of morpholine rings is 1. The molecule has 122 valence electrons. The summed E-state index contributed by atoms with van der Waals surface area (Å²) in [5.41, 5.74) is 6.44. The van der Waals surface area contributed by atoms with Gasteiger partial charge < -0.3 is 15.4 Å². The van der Waals surface area contributed by atoms with Crippen molar-refractivity contribution < 1.29 is 9.53 Å². The second-order valence-corrected chi connectivity index (χ2v) is 5.40. The molecule has 1 aliphatic heterocycles. The highest BCUT2D eigenvalue weighted by Gasteiger charge is 2.27. The van der Waals surface area contributed by atoms with Crippen molar-refractivity contribution in [1.29, 1.82) is 0 Å².